The fraction of sp³-hybridized carbons (Fsp3) is 0.739. The maximum Gasteiger partial charge on any atom is 0.257 e. The van der Waals surface area contributed by atoms with E-state index >= 15 is 4.39 Å². The highest BCUT2D eigenvalue weighted by Gasteiger charge is 2.65. The van der Waals surface area contributed by atoms with E-state index in [1.54, 1.807) is 6.07 Å². The Bertz CT molecular complexity index is 841. The van der Waals surface area contributed by atoms with Gasteiger partial charge in [0.1, 0.15) is 0 Å². The number of fused-ring (bicyclic) bond motifs is 3. The average molecular weight is 444 g/mol. The third-order valence-electron chi connectivity index (χ3n) is 6.81. The maximum absolute atomic E-state index is 15.4. The highest BCUT2D eigenvalue weighted by atomic mass is 19.3. The molecule has 0 spiro atoms. The van der Waals surface area contributed by atoms with Crippen LogP contribution in [0.25, 0.3) is 0 Å². The van der Waals surface area contributed by atoms with Crippen LogP contribution < -0.4 is 9.47 Å². The summed E-state index contributed by atoms with van der Waals surface area (Å²) in [4.78, 5) is 2.21. The minimum absolute atomic E-state index is 0.102. The molecule has 1 aliphatic carbocycles. The molecule has 1 N–H and O–H groups in total. The van der Waals surface area contributed by atoms with Gasteiger partial charge in [-0.2, -0.15) is 0 Å². The smallest absolute Gasteiger partial charge is 0.257 e. The molecule has 174 valence electrons. The average Bonchev–Trinajstić information content (AvgIpc) is 3.16. The van der Waals surface area contributed by atoms with Gasteiger partial charge in [0.2, 0.25) is 0 Å². The van der Waals surface area contributed by atoms with Crippen LogP contribution in [0.4, 0.5) is 13.2 Å². The summed E-state index contributed by atoms with van der Waals surface area (Å²) >= 11 is 0. The number of halogens is 3. The largest absolute Gasteiger partial charge is 0.493 e. The SMILES string of the molecule is COc1cc2c(c(F)c1OC[C@H]1[C@H](C)C1(F)F)CCN1C[C@@H](OC(C)(C)C)[C@H](O)C[C@H]21. The Labute approximate surface area is 181 Å². The molecule has 4 rings (SSSR count). The Kier molecular flexibility index (Phi) is 5.72. The minimum atomic E-state index is -2.76. The Hall–Kier alpha value is -1.51. The lowest BCUT2D eigenvalue weighted by atomic mass is 9.84. The topological polar surface area (TPSA) is 51.2 Å². The fourth-order valence-corrected chi connectivity index (χ4v) is 4.90. The third kappa shape index (κ3) is 4.14. The molecule has 2 fully saturated rings. The van der Waals surface area contributed by atoms with Crippen molar-refractivity contribution >= 4 is 0 Å². The van der Waals surface area contributed by atoms with Crippen LogP contribution in [0.15, 0.2) is 6.07 Å². The predicted octanol–water partition coefficient (Wildman–Crippen LogP) is 3.96. The number of hydrogen-bond donors (Lipinski definition) is 1. The van der Waals surface area contributed by atoms with E-state index in [-0.39, 0.29) is 35.9 Å². The van der Waals surface area contributed by atoms with Gasteiger partial charge in [-0.15, -0.1) is 0 Å². The lowest BCUT2D eigenvalue weighted by Crippen LogP contribution is -2.53. The van der Waals surface area contributed by atoms with Gasteiger partial charge in [-0.05, 0) is 50.8 Å². The van der Waals surface area contributed by atoms with Crippen molar-refractivity contribution < 1.29 is 32.5 Å². The summed E-state index contributed by atoms with van der Waals surface area (Å²) in [6, 6.07) is 1.57. The van der Waals surface area contributed by atoms with Crippen molar-refractivity contribution in [3.05, 3.63) is 23.0 Å². The highest BCUT2D eigenvalue weighted by Crippen LogP contribution is 2.55. The molecule has 0 aromatic heterocycles. The number of methoxy groups -OCH3 is 1. The van der Waals surface area contributed by atoms with Crippen molar-refractivity contribution in [3.63, 3.8) is 0 Å². The Balaban J connectivity index is 1.56. The van der Waals surface area contributed by atoms with Crippen LogP contribution in [-0.2, 0) is 11.2 Å². The molecule has 2 aliphatic heterocycles. The van der Waals surface area contributed by atoms with Crippen LogP contribution in [0.2, 0.25) is 0 Å². The molecule has 0 amide bonds. The summed E-state index contributed by atoms with van der Waals surface area (Å²) < 4.78 is 59.5. The standard InChI is InChI=1S/C23H32F3NO4/c1-12-15(23(12,25)26)11-30-21-18(29-5)8-14-13(20(21)24)6-7-27-10-19(31-22(2,3)4)17(28)9-16(14)27/h8,12,15-17,19,28H,6-7,9-11H2,1-5H3/t12-,15-,16+,17+,19+/m0/s1. The number of rotatable bonds is 5. The lowest BCUT2D eigenvalue weighted by Gasteiger charge is -2.46. The van der Waals surface area contributed by atoms with Gasteiger partial charge in [-0.3, -0.25) is 4.90 Å². The van der Waals surface area contributed by atoms with E-state index in [2.05, 4.69) is 4.90 Å². The van der Waals surface area contributed by atoms with Gasteiger partial charge in [-0.25, -0.2) is 13.2 Å². The van der Waals surface area contributed by atoms with Crippen LogP contribution >= 0.6 is 0 Å². The van der Waals surface area contributed by atoms with Crippen LogP contribution in [-0.4, -0.2) is 60.5 Å². The minimum Gasteiger partial charge on any atom is -0.493 e. The molecule has 1 saturated carbocycles. The number of hydrogen-bond acceptors (Lipinski definition) is 5. The van der Waals surface area contributed by atoms with Gasteiger partial charge in [0.15, 0.2) is 17.3 Å². The van der Waals surface area contributed by atoms with Crippen LogP contribution in [0, 0.1) is 17.7 Å². The summed E-state index contributed by atoms with van der Waals surface area (Å²) in [6.45, 7) is 8.26. The van der Waals surface area contributed by atoms with E-state index in [0.29, 0.717) is 31.5 Å². The molecule has 2 heterocycles. The normalized spacial score (nSPS) is 32.2. The number of ether oxygens (including phenoxy) is 3. The van der Waals surface area contributed by atoms with Crippen molar-refractivity contribution in [2.45, 2.75) is 70.3 Å². The van der Waals surface area contributed by atoms with Gasteiger partial charge < -0.3 is 19.3 Å². The second kappa shape index (κ2) is 7.81. The lowest BCUT2D eigenvalue weighted by molar-refractivity contribution is -0.149. The van der Waals surface area contributed by atoms with E-state index < -0.39 is 29.7 Å². The van der Waals surface area contributed by atoms with Crippen LogP contribution in [0.5, 0.6) is 11.5 Å². The van der Waals surface area contributed by atoms with E-state index in [9.17, 15) is 13.9 Å². The number of benzene rings is 1. The van der Waals surface area contributed by atoms with Gasteiger partial charge in [0.25, 0.3) is 5.92 Å². The number of aliphatic hydroxyl groups excluding tert-OH is 1. The van der Waals surface area contributed by atoms with Crippen molar-refractivity contribution in [2.24, 2.45) is 11.8 Å². The monoisotopic (exact) mass is 443 g/mol. The second-order valence-corrected chi connectivity index (χ2v) is 10.0. The van der Waals surface area contributed by atoms with Crippen molar-refractivity contribution in [3.8, 4) is 11.5 Å². The predicted molar refractivity (Wildman–Crippen MR) is 109 cm³/mol. The molecule has 0 unspecified atom stereocenters. The number of nitrogens with zero attached hydrogens (tertiary/aromatic N) is 1. The van der Waals surface area contributed by atoms with Gasteiger partial charge in [0, 0.05) is 25.0 Å². The molecule has 31 heavy (non-hydrogen) atoms. The molecule has 0 bridgehead atoms. The summed E-state index contributed by atoms with van der Waals surface area (Å²) in [5.74, 6) is -4.89. The highest BCUT2D eigenvalue weighted by molar-refractivity contribution is 5.51. The molecule has 3 aliphatic rings. The van der Waals surface area contributed by atoms with Crippen molar-refractivity contribution in [2.75, 3.05) is 26.8 Å². The molecule has 5 atom stereocenters. The second-order valence-electron chi connectivity index (χ2n) is 10.0. The van der Waals surface area contributed by atoms with Crippen molar-refractivity contribution in [1.29, 1.82) is 0 Å². The van der Waals surface area contributed by atoms with Crippen molar-refractivity contribution in [1.82, 2.24) is 4.90 Å². The quantitative estimate of drug-likeness (QED) is 0.747. The number of alkyl halides is 2. The van der Waals surface area contributed by atoms with E-state index in [0.717, 1.165) is 5.56 Å². The molecule has 8 heteroatoms. The molecule has 1 aromatic rings. The molecule has 5 nitrogen and oxygen atoms in total. The van der Waals surface area contributed by atoms with Crippen LogP contribution in [0.3, 0.4) is 0 Å². The zero-order chi connectivity index (χ0) is 22.7. The first-order valence-corrected chi connectivity index (χ1v) is 10.9. The first-order valence-electron chi connectivity index (χ1n) is 10.9. The number of aliphatic hydroxyl groups is 1. The number of piperidine rings is 1. The Morgan fingerprint density at radius 3 is 2.55 bits per heavy atom. The Morgan fingerprint density at radius 2 is 1.97 bits per heavy atom. The van der Waals surface area contributed by atoms with E-state index in [1.807, 2.05) is 20.8 Å². The van der Waals surface area contributed by atoms with E-state index in [4.69, 9.17) is 14.2 Å². The fourth-order valence-electron chi connectivity index (χ4n) is 4.90. The first kappa shape index (κ1) is 22.7. The zero-order valence-electron chi connectivity index (χ0n) is 18.8. The maximum atomic E-state index is 15.4. The molecule has 0 radical (unpaired) electrons. The third-order valence-corrected chi connectivity index (χ3v) is 6.81. The van der Waals surface area contributed by atoms with Gasteiger partial charge in [0.05, 0.1) is 37.4 Å². The van der Waals surface area contributed by atoms with Crippen LogP contribution in [0.1, 0.15) is 51.3 Å². The molecule has 1 saturated heterocycles. The van der Waals surface area contributed by atoms with Gasteiger partial charge in [-0.1, -0.05) is 6.92 Å². The van der Waals surface area contributed by atoms with Gasteiger partial charge >= 0.3 is 0 Å². The van der Waals surface area contributed by atoms with E-state index in [1.165, 1.54) is 14.0 Å². The summed E-state index contributed by atoms with van der Waals surface area (Å²) in [6.07, 6.45) is -0.0985. The summed E-state index contributed by atoms with van der Waals surface area (Å²) in [5.41, 5.74) is 0.894. The zero-order valence-corrected chi connectivity index (χ0v) is 18.8. The molecular formula is C23H32F3NO4. The Morgan fingerprint density at radius 1 is 1.29 bits per heavy atom. The first-order chi connectivity index (χ1) is 14.4. The molecular weight excluding hydrogens is 411 g/mol. The molecule has 1 aromatic carbocycles. The summed E-state index contributed by atoms with van der Waals surface area (Å²) in [5, 5.41) is 10.7. The summed E-state index contributed by atoms with van der Waals surface area (Å²) in [7, 11) is 1.41.